The zero-order valence-electron chi connectivity index (χ0n) is 11.7. The molecule has 7 heteroatoms. The number of nitro groups is 1. The smallest absolute Gasteiger partial charge is 0.282 e. The van der Waals surface area contributed by atoms with Gasteiger partial charge < -0.3 is 10.1 Å². The van der Waals surface area contributed by atoms with Gasteiger partial charge in [-0.25, -0.2) is 4.39 Å². The van der Waals surface area contributed by atoms with Crippen LogP contribution in [0.25, 0.3) is 0 Å². The highest BCUT2D eigenvalue weighted by atomic mass is 19.1. The maximum absolute atomic E-state index is 13.2. The summed E-state index contributed by atoms with van der Waals surface area (Å²) in [7, 11) is 1.62. The van der Waals surface area contributed by atoms with Gasteiger partial charge in [-0.2, -0.15) is 0 Å². The number of halogens is 1. The number of nitrogens with zero attached hydrogens (tertiary/aromatic N) is 1. The summed E-state index contributed by atoms with van der Waals surface area (Å²) in [6.07, 6.45) is 2.80. The fourth-order valence-electron chi connectivity index (χ4n) is 2.22. The Morgan fingerprint density at radius 3 is 2.81 bits per heavy atom. The molecule has 1 aliphatic carbocycles. The summed E-state index contributed by atoms with van der Waals surface area (Å²) in [5.74, 6) is -1.30. The molecule has 1 aromatic carbocycles. The number of rotatable bonds is 7. The van der Waals surface area contributed by atoms with Crippen LogP contribution < -0.4 is 5.32 Å². The molecule has 0 aromatic heterocycles. The summed E-state index contributed by atoms with van der Waals surface area (Å²) in [6, 6.07) is 2.86. The first kappa shape index (κ1) is 15.4. The average Bonchev–Trinajstić information content (AvgIpc) is 3.22. The number of amides is 1. The topological polar surface area (TPSA) is 81.5 Å². The number of nitrogens with one attached hydrogen (secondary N) is 1. The third-order valence-corrected chi connectivity index (χ3v) is 3.82. The summed E-state index contributed by atoms with van der Waals surface area (Å²) in [4.78, 5) is 22.2. The molecule has 21 heavy (non-hydrogen) atoms. The van der Waals surface area contributed by atoms with Gasteiger partial charge in [0.2, 0.25) is 0 Å². The molecule has 0 bridgehead atoms. The monoisotopic (exact) mass is 296 g/mol. The minimum atomic E-state index is -0.688. The van der Waals surface area contributed by atoms with Gasteiger partial charge >= 0.3 is 0 Å². The Morgan fingerprint density at radius 2 is 2.24 bits per heavy atom. The summed E-state index contributed by atoms with van der Waals surface area (Å²) >= 11 is 0. The maximum Gasteiger partial charge on any atom is 0.282 e. The van der Waals surface area contributed by atoms with Crippen LogP contribution in [0.1, 0.15) is 29.6 Å². The Bertz CT molecular complexity index is 558. The van der Waals surface area contributed by atoms with E-state index in [1.165, 1.54) is 0 Å². The number of hydrogen-bond donors (Lipinski definition) is 1. The largest absolute Gasteiger partial charge is 0.385 e. The highest BCUT2D eigenvalue weighted by Gasteiger charge is 2.42. The molecule has 0 spiro atoms. The Kier molecular flexibility index (Phi) is 4.52. The zero-order valence-corrected chi connectivity index (χ0v) is 11.7. The Hall–Kier alpha value is -2.02. The van der Waals surface area contributed by atoms with Crippen molar-refractivity contribution >= 4 is 11.6 Å². The summed E-state index contributed by atoms with van der Waals surface area (Å²) < 4.78 is 18.2. The van der Waals surface area contributed by atoms with Gasteiger partial charge in [0.1, 0.15) is 11.4 Å². The molecule has 2 rings (SSSR count). The van der Waals surface area contributed by atoms with Crippen LogP contribution in [0.2, 0.25) is 0 Å². The van der Waals surface area contributed by atoms with Crippen molar-refractivity contribution < 1.29 is 18.8 Å². The van der Waals surface area contributed by atoms with Crippen LogP contribution in [0.4, 0.5) is 10.1 Å². The van der Waals surface area contributed by atoms with E-state index in [1.807, 2.05) is 0 Å². The first-order valence-electron chi connectivity index (χ1n) is 6.68. The van der Waals surface area contributed by atoms with Crippen molar-refractivity contribution in [2.24, 2.45) is 5.41 Å². The molecule has 1 fully saturated rings. The lowest BCUT2D eigenvalue weighted by Gasteiger charge is -2.15. The van der Waals surface area contributed by atoms with E-state index in [9.17, 15) is 19.3 Å². The maximum atomic E-state index is 13.2. The lowest BCUT2D eigenvalue weighted by Crippen LogP contribution is -2.31. The molecule has 1 aliphatic rings. The summed E-state index contributed by atoms with van der Waals surface area (Å²) in [5.41, 5.74) is -0.619. The molecular formula is C14H17FN2O4. The highest BCUT2D eigenvalue weighted by Crippen LogP contribution is 2.48. The van der Waals surface area contributed by atoms with Crippen LogP contribution in [-0.2, 0) is 4.74 Å². The third-order valence-electron chi connectivity index (χ3n) is 3.82. The van der Waals surface area contributed by atoms with Crippen LogP contribution in [-0.4, -0.2) is 31.1 Å². The van der Waals surface area contributed by atoms with E-state index < -0.39 is 22.3 Å². The fraction of sp³-hybridized carbons (Fsp3) is 0.500. The zero-order chi connectivity index (χ0) is 15.5. The number of carbonyl (C=O) groups excluding carboxylic acids is 1. The first-order valence-corrected chi connectivity index (χ1v) is 6.68. The Labute approximate surface area is 121 Å². The molecule has 0 radical (unpaired) electrons. The Morgan fingerprint density at radius 1 is 1.52 bits per heavy atom. The molecule has 0 aliphatic heterocycles. The van der Waals surface area contributed by atoms with Crippen molar-refractivity contribution in [3.8, 4) is 0 Å². The van der Waals surface area contributed by atoms with Crippen LogP contribution >= 0.6 is 0 Å². The van der Waals surface area contributed by atoms with Gasteiger partial charge in [0.05, 0.1) is 4.92 Å². The number of benzene rings is 1. The second kappa shape index (κ2) is 6.17. The van der Waals surface area contributed by atoms with Crippen LogP contribution in [0.5, 0.6) is 0 Å². The molecule has 0 heterocycles. The molecule has 1 saturated carbocycles. The van der Waals surface area contributed by atoms with Gasteiger partial charge in [0.15, 0.2) is 0 Å². The highest BCUT2D eigenvalue weighted by molar-refractivity contribution is 5.98. The second-order valence-electron chi connectivity index (χ2n) is 5.34. The Balaban J connectivity index is 2.04. The molecule has 1 N–H and O–H groups in total. The van der Waals surface area contributed by atoms with E-state index in [-0.39, 0.29) is 11.0 Å². The van der Waals surface area contributed by atoms with Crippen LogP contribution in [0, 0.1) is 21.3 Å². The molecule has 114 valence electrons. The summed E-state index contributed by atoms with van der Waals surface area (Å²) in [6.45, 7) is 1.03. The van der Waals surface area contributed by atoms with Gasteiger partial charge in [-0.05, 0) is 36.8 Å². The first-order chi connectivity index (χ1) is 9.97. The van der Waals surface area contributed by atoms with Crippen LogP contribution in [0.3, 0.4) is 0 Å². The van der Waals surface area contributed by atoms with Gasteiger partial charge in [-0.1, -0.05) is 0 Å². The predicted molar refractivity (Wildman–Crippen MR) is 73.5 cm³/mol. The number of ether oxygens (including phenoxy) is 1. The van der Waals surface area contributed by atoms with Gasteiger partial charge in [0.25, 0.3) is 11.6 Å². The minimum Gasteiger partial charge on any atom is -0.385 e. The molecule has 6 nitrogen and oxygen atoms in total. The fourth-order valence-corrected chi connectivity index (χ4v) is 2.22. The molecule has 0 saturated heterocycles. The van der Waals surface area contributed by atoms with E-state index >= 15 is 0 Å². The number of hydrogen-bond acceptors (Lipinski definition) is 4. The van der Waals surface area contributed by atoms with Crippen molar-refractivity contribution in [1.82, 2.24) is 5.32 Å². The van der Waals surface area contributed by atoms with E-state index in [2.05, 4.69) is 5.32 Å². The third kappa shape index (κ3) is 3.75. The molecule has 1 amide bonds. The number of nitro benzene ring substituents is 1. The standard InChI is InChI=1S/C14H17FN2O4/c1-21-7-6-14(4-5-14)9-16-13(18)11-8-10(15)2-3-12(11)17(19)20/h2-3,8H,4-7,9H2,1H3,(H,16,18). The molecular weight excluding hydrogens is 279 g/mol. The summed E-state index contributed by atoms with van der Waals surface area (Å²) in [5, 5.41) is 13.5. The number of carbonyl (C=O) groups is 1. The van der Waals surface area contributed by atoms with Gasteiger partial charge in [0, 0.05) is 26.3 Å². The average molecular weight is 296 g/mol. The van der Waals surface area contributed by atoms with E-state index in [0.717, 1.165) is 37.5 Å². The normalized spacial score (nSPS) is 15.5. The second-order valence-corrected chi connectivity index (χ2v) is 5.34. The lowest BCUT2D eigenvalue weighted by molar-refractivity contribution is -0.385. The van der Waals surface area contributed by atoms with E-state index in [1.54, 1.807) is 7.11 Å². The predicted octanol–water partition coefficient (Wildman–Crippen LogP) is 2.28. The molecule has 0 unspecified atom stereocenters. The quantitative estimate of drug-likeness (QED) is 0.618. The van der Waals surface area contributed by atoms with E-state index in [4.69, 9.17) is 4.74 Å². The SMILES string of the molecule is COCCC1(CNC(=O)c2cc(F)ccc2[N+](=O)[O-])CC1. The van der Waals surface area contributed by atoms with Gasteiger partial charge in [-0.15, -0.1) is 0 Å². The molecule has 0 atom stereocenters. The van der Waals surface area contributed by atoms with Crippen molar-refractivity contribution in [2.75, 3.05) is 20.3 Å². The van der Waals surface area contributed by atoms with Crippen molar-refractivity contribution in [3.05, 3.63) is 39.7 Å². The van der Waals surface area contributed by atoms with Crippen molar-refractivity contribution in [2.45, 2.75) is 19.3 Å². The number of methoxy groups -OCH3 is 1. The minimum absolute atomic E-state index is 0.0216. The van der Waals surface area contributed by atoms with Crippen molar-refractivity contribution in [3.63, 3.8) is 0 Å². The lowest BCUT2D eigenvalue weighted by atomic mass is 10.0. The van der Waals surface area contributed by atoms with Crippen molar-refractivity contribution in [1.29, 1.82) is 0 Å². The van der Waals surface area contributed by atoms with Gasteiger partial charge in [-0.3, -0.25) is 14.9 Å². The van der Waals surface area contributed by atoms with Crippen LogP contribution in [0.15, 0.2) is 18.2 Å². The molecule has 1 aromatic rings. The van der Waals surface area contributed by atoms with E-state index in [0.29, 0.717) is 13.2 Å².